The zero-order valence-electron chi connectivity index (χ0n) is 9.92. The lowest BCUT2D eigenvalue weighted by Crippen LogP contribution is -2.08. The van der Waals surface area contributed by atoms with Gasteiger partial charge in [-0.2, -0.15) is 0 Å². The lowest BCUT2D eigenvalue weighted by molar-refractivity contribution is 0.616. The first-order valence-electron chi connectivity index (χ1n) is 5.49. The molecule has 0 spiro atoms. The fraction of sp³-hybridized carbons (Fsp3) is 0.154. The Kier molecular flexibility index (Phi) is 4.37. The van der Waals surface area contributed by atoms with Crippen LogP contribution < -0.4 is 5.32 Å². The molecule has 1 heterocycles. The van der Waals surface area contributed by atoms with Crippen LogP contribution in [0, 0.1) is 11.6 Å². The van der Waals surface area contributed by atoms with Gasteiger partial charge in [-0.3, -0.25) is 4.98 Å². The van der Waals surface area contributed by atoms with Crippen molar-refractivity contribution in [2.75, 3.05) is 5.32 Å². The average molecular weight is 348 g/mol. The highest BCUT2D eigenvalue weighted by Crippen LogP contribution is 2.34. The third-order valence-electron chi connectivity index (χ3n) is 2.59. The van der Waals surface area contributed by atoms with Crippen molar-refractivity contribution >= 4 is 33.2 Å². The minimum Gasteiger partial charge on any atom is -0.376 e. The summed E-state index contributed by atoms with van der Waals surface area (Å²) < 4.78 is 26.7. The number of aromatic nitrogens is 1. The van der Waals surface area contributed by atoms with Crippen LogP contribution in [0.15, 0.2) is 35.1 Å². The van der Waals surface area contributed by atoms with Crippen molar-refractivity contribution < 1.29 is 8.78 Å². The van der Waals surface area contributed by atoms with E-state index in [0.717, 1.165) is 6.20 Å². The SMILES string of the molecule is CC(Nc1c(Cl)cc(F)cc1Br)c1cncc(F)c1. The van der Waals surface area contributed by atoms with Gasteiger partial charge in [0.05, 0.1) is 22.9 Å². The molecular formula is C13H10BrClF2N2. The second-order valence-corrected chi connectivity index (χ2v) is 5.31. The fourth-order valence-electron chi connectivity index (χ4n) is 1.65. The van der Waals surface area contributed by atoms with E-state index in [0.29, 0.717) is 15.7 Å². The Morgan fingerprint density at radius 3 is 2.58 bits per heavy atom. The lowest BCUT2D eigenvalue weighted by Gasteiger charge is -2.17. The van der Waals surface area contributed by atoms with Gasteiger partial charge in [0.15, 0.2) is 0 Å². The summed E-state index contributed by atoms with van der Waals surface area (Å²) in [6.45, 7) is 1.84. The second kappa shape index (κ2) is 5.84. The number of pyridine rings is 1. The molecule has 1 unspecified atom stereocenters. The Hall–Kier alpha value is -1.20. The Labute approximate surface area is 122 Å². The van der Waals surface area contributed by atoms with Gasteiger partial charge in [0.1, 0.15) is 11.6 Å². The summed E-state index contributed by atoms with van der Waals surface area (Å²) in [4.78, 5) is 3.79. The molecule has 0 aliphatic rings. The Morgan fingerprint density at radius 2 is 1.95 bits per heavy atom. The van der Waals surface area contributed by atoms with E-state index in [1.54, 1.807) is 6.20 Å². The second-order valence-electron chi connectivity index (χ2n) is 4.05. The van der Waals surface area contributed by atoms with Crippen molar-refractivity contribution in [3.05, 3.63) is 57.3 Å². The average Bonchev–Trinajstić information content (AvgIpc) is 2.33. The van der Waals surface area contributed by atoms with Crippen LogP contribution in [0.1, 0.15) is 18.5 Å². The van der Waals surface area contributed by atoms with E-state index in [2.05, 4.69) is 26.2 Å². The molecule has 1 N–H and O–H groups in total. The van der Waals surface area contributed by atoms with E-state index in [1.165, 1.54) is 18.2 Å². The minimum atomic E-state index is -0.428. The molecule has 1 aromatic heterocycles. The smallest absolute Gasteiger partial charge is 0.141 e. The number of hydrogen-bond donors (Lipinski definition) is 1. The summed E-state index contributed by atoms with van der Waals surface area (Å²) >= 11 is 9.21. The predicted octanol–water partition coefficient (Wildman–Crippen LogP) is 4.95. The fourth-order valence-corrected chi connectivity index (χ4v) is 2.57. The molecule has 19 heavy (non-hydrogen) atoms. The highest BCUT2D eigenvalue weighted by molar-refractivity contribution is 9.10. The van der Waals surface area contributed by atoms with Crippen LogP contribution in [0.4, 0.5) is 14.5 Å². The lowest BCUT2D eigenvalue weighted by atomic mass is 10.1. The predicted molar refractivity (Wildman–Crippen MR) is 75.3 cm³/mol. The Balaban J connectivity index is 2.26. The Bertz CT molecular complexity index is 584. The van der Waals surface area contributed by atoms with Crippen LogP contribution >= 0.6 is 27.5 Å². The van der Waals surface area contributed by atoms with Crippen molar-refractivity contribution in [1.82, 2.24) is 4.98 Å². The maximum absolute atomic E-state index is 13.1. The molecule has 100 valence electrons. The molecule has 2 rings (SSSR count). The first-order valence-corrected chi connectivity index (χ1v) is 6.66. The van der Waals surface area contributed by atoms with Gasteiger partial charge in [-0.05, 0) is 46.6 Å². The number of rotatable bonds is 3. The number of nitrogens with one attached hydrogen (secondary N) is 1. The first kappa shape index (κ1) is 14.2. The molecule has 6 heteroatoms. The van der Waals surface area contributed by atoms with Crippen molar-refractivity contribution in [2.24, 2.45) is 0 Å². The monoisotopic (exact) mass is 346 g/mol. The molecule has 0 radical (unpaired) electrons. The molecular weight excluding hydrogens is 338 g/mol. The molecule has 1 atom stereocenters. The summed E-state index contributed by atoms with van der Waals surface area (Å²) in [6.07, 6.45) is 2.70. The van der Waals surface area contributed by atoms with Crippen LogP contribution in [0.3, 0.4) is 0 Å². The number of halogens is 4. The minimum absolute atomic E-state index is 0.220. The molecule has 2 nitrogen and oxygen atoms in total. The molecule has 2 aromatic rings. The number of nitrogens with zero attached hydrogens (tertiary/aromatic N) is 1. The molecule has 0 saturated heterocycles. The molecule has 0 aliphatic heterocycles. The summed E-state index contributed by atoms with van der Waals surface area (Å²) in [7, 11) is 0. The van der Waals surface area contributed by atoms with E-state index in [4.69, 9.17) is 11.6 Å². The van der Waals surface area contributed by atoms with Crippen molar-refractivity contribution in [3.63, 3.8) is 0 Å². The van der Waals surface area contributed by atoms with E-state index in [-0.39, 0.29) is 11.1 Å². The first-order chi connectivity index (χ1) is 8.97. The quantitative estimate of drug-likeness (QED) is 0.850. The third kappa shape index (κ3) is 3.42. The normalized spacial score (nSPS) is 12.3. The molecule has 0 amide bonds. The van der Waals surface area contributed by atoms with Crippen molar-refractivity contribution in [2.45, 2.75) is 13.0 Å². The molecule has 0 bridgehead atoms. The van der Waals surface area contributed by atoms with Crippen LogP contribution in [0.5, 0.6) is 0 Å². The summed E-state index contributed by atoms with van der Waals surface area (Å²) in [5.41, 5.74) is 1.23. The number of benzene rings is 1. The van der Waals surface area contributed by atoms with Gasteiger partial charge >= 0.3 is 0 Å². The molecule has 1 aromatic carbocycles. The summed E-state index contributed by atoms with van der Waals surface area (Å²) in [5.74, 6) is -0.835. The molecule has 0 saturated carbocycles. The van der Waals surface area contributed by atoms with E-state index in [1.807, 2.05) is 6.92 Å². The van der Waals surface area contributed by atoms with E-state index in [9.17, 15) is 8.78 Å². The van der Waals surface area contributed by atoms with Crippen molar-refractivity contribution in [1.29, 1.82) is 0 Å². The largest absolute Gasteiger partial charge is 0.376 e. The van der Waals surface area contributed by atoms with Gasteiger partial charge in [0.2, 0.25) is 0 Å². The standard InChI is InChI=1S/C13H10BrClF2N2/c1-7(8-2-10(17)6-18-5-8)19-13-11(14)3-9(16)4-12(13)15/h2-7,19H,1H3. The Morgan fingerprint density at radius 1 is 1.21 bits per heavy atom. The number of anilines is 1. The maximum Gasteiger partial charge on any atom is 0.141 e. The van der Waals surface area contributed by atoms with Crippen LogP contribution in [0.25, 0.3) is 0 Å². The number of hydrogen-bond acceptors (Lipinski definition) is 2. The van der Waals surface area contributed by atoms with E-state index < -0.39 is 11.6 Å². The molecule has 0 fully saturated rings. The summed E-state index contributed by atoms with van der Waals surface area (Å²) in [6, 6.07) is 3.69. The van der Waals surface area contributed by atoms with Gasteiger partial charge in [-0.25, -0.2) is 8.78 Å². The highest BCUT2D eigenvalue weighted by Gasteiger charge is 2.13. The topological polar surface area (TPSA) is 24.9 Å². The maximum atomic E-state index is 13.1. The summed E-state index contributed by atoms with van der Waals surface area (Å²) in [5, 5.41) is 3.35. The zero-order valence-corrected chi connectivity index (χ0v) is 12.3. The van der Waals surface area contributed by atoms with Crippen LogP contribution in [-0.2, 0) is 0 Å². The van der Waals surface area contributed by atoms with Crippen LogP contribution in [0.2, 0.25) is 5.02 Å². The van der Waals surface area contributed by atoms with Gasteiger partial charge in [0.25, 0.3) is 0 Å². The zero-order chi connectivity index (χ0) is 14.0. The van der Waals surface area contributed by atoms with E-state index >= 15 is 0 Å². The van der Waals surface area contributed by atoms with Gasteiger partial charge in [-0.1, -0.05) is 11.6 Å². The highest BCUT2D eigenvalue weighted by atomic mass is 79.9. The van der Waals surface area contributed by atoms with Crippen LogP contribution in [-0.4, -0.2) is 4.98 Å². The van der Waals surface area contributed by atoms with Gasteiger partial charge in [-0.15, -0.1) is 0 Å². The van der Waals surface area contributed by atoms with Crippen molar-refractivity contribution in [3.8, 4) is 0 Å². The third-order valence-corrected chi connectivity index (χ3v) is 3.52. The molecule has 0 aliphatic carbocycles. The van der Waals surface area contributed by atoms with Gasteiger partial charge < -0.3 is 5.32 Å². The van der Waals surface area contributed by atoms with Gasteiger partial charge in [0, 0.05) is 10.7 Å².